The molecule has 130 valence electrons. The molecular formula is C18H16N6O2. The zero-order valence-electron chi connectivity index (χ0n) is 14.1. The van der Waals surface area contributed by atoms with Crippen molar-refractivity contribution in [3.63, 3.8) is 0 Å². The van der Waals surface area contributed by atoms with Crippen molar-refractivity contribution in [2.75, 3.05) is 13.1 Å². The number of rotatable bonds is 4. The van der Waals surface area contributed by atoms with Crippen LogP contribution in [0.15, 0.2) is 53.5 Å². The van der Waals surface area contributed by atoms with E-state index in [-0.39, 0.29) is 5.69 Å². The maximum absolute atomic E-state index is 10.9. The number of benzene rings is 2. The van der Waals surface area contributed by atoms with Gasteiger partial charge >= 0.3 is 0 Å². The monoisotopic (exact) mass is 348 g/mol. The fourth-order valence-corrected chi connectivity index (χ4v) is 2.86. The van der Waals surface area contributed by atoms with Gasteiger partial charge in [-0.3, -0.25) is 15.1 Å². The lowest BCUT2D eigenvalue weighted by atomic mass is 10.1. The average molecular weight is 348 g/mol. The number of nitro groups is 1. The van der Waals surface area contributed by atoms with Gasteiger partial charge in [-0.05, 0) is 19.1 Å². The number of non-ortho nitro benzene ring substituents is 1. The highest BCUT2D eigenvalue weighted by Crippen LogP contribution is 2.27. The number of amidine groups is 1. The first-order chi connectivity index (χ1) is 12.6. The van der Waals surface area contributed by atoms with E-state index in [1.54, 1.807) is 16.8 Å². The highest BCUT2D eigenvalue weighted by atomic mass is 16.6. The Bertz CT molecular complexity index is 990. The second-order valence-corrected chi connectivity index (χ2v) is 6.00. The summed E-state index contributed by atoms with van der Waals surface area (Å²) in [7, 11) is 0. The molecule has 2 aromatic carbocycles. The number of nitrogens with one attached hydrogen (secondary N) is 1. The molecule has 2 heterocycles. The normalized spacial score (nSPS) is 13.3. The molecule has 0 fully saturated rings. The number of nitro benzene ring substituents is 1. The van der Waals surface area contributed by atoms with Gasteiger partial charge in [0.15, 0.2) is 11.5 Å². The second kappa shape index (κ2) is 6.40. The summed E-state index contributed by atoms with van der Waals surface area (Å²) in [6.45, 7) is 3.50. The maximum atomic E-state index is 10.9. The van der Waals surface area contributed by atoms with Crippen molar-refractivity contribution < 1.29 is 4.92 Å². The zero-order chi connectivity index (χ0) is 18.1. The Morgan fingerprint density at radius 2 is 1.85 bits per heavy atom. The van der Waals surface area contributed by atoms with E-state index in [1.165, 1.54) is 12.1 Å². The van der Waals surface area contributed by atoms with Crippen LogP contribution >= 0.6 is 0 Å². The van der Waals surface area contributed by atoms with Gasteiger partial charge < -0.3 is 5.32 Å². The third-order valence-electron chi connectivity index (χ3n) is 4.20. The van der Waals surface area contributed by atoms with Gasteiger partial charge in [-0.2, -0.15) is 0 Å². The molecule has 26 heavy (non-hydrogen) atoms. The molecule has 0 aliphatic carbocycles. The number of aromatic nitrogens is 3. The van der Waals surface area contributed by atoms with E-state index >= 15 is 0 Å². The summed E-state index contributed by atoms with van der Waals surface area (Å²) in [5.41, 5.74) is 4.30. The minimum absolute atomic E-state index is 0.0350. The predicted molar refractivity (Wildman–Crippen MR) is 97.6 cm³/mol. The number of hydrogen-bond donors (Lipinski definition) is 1. The van der Waals surface area contributed by atoms with Crippen molar-refractivity contribution in [1.29, 1.82) is 0 Å². The van der Waals surface area contributed by atoms with Gasteiger partial charge in [-0.15, -0.1) is 5.10 Å². The first-order valence-corrected chi connectivity index (χ1v) is 8.20. The Hall–Kier alpha value is -3.55. The molecule has 0 radical (unpaired) electrons. The molecule has 0 saturated heterocycles. The highest BCUT2D eigenvalue weighted by molar-refractivity contribution is 6.03. The molecule has 0 bridgehead atoms. The van der Waals surface area contributed by atoms with Gasteiger partial charge in [0, 0.05) is 24.2 Å². The standard InChI is InChI=1S/C18H16N6O2/c1-12-2-4-13(5-3-12)17-16(18-19-10-11-20-18)21-22-23(17)14-6-8-15(9-7-14)24(25)26/h2-9H,10-11H2,1H3,(H,19,20). The van der Waals surface area contributed by atoms with Crippen LogP contribution in [0, 0.1) is 17.0 Å². The lowest BCUT2D eigenvalue weighted by Gasteiger charge is -2.09. The molecule has 8 heteroatoms. The number of hydrogen-bond acceptors (Lipinski definition) is 6. The molecule has 0 atom stereocenters. The van der Waals surface area contributed by atoms with Crippen LogP contribution in [0.5, 0.6) is 0 Å². The van der Waals surface area contributed by atoms with E-state index in [0.717, 1.165) is 23.4 Å². The van der Waals surface area contributed by atoms with Crippen LogP contribution in [0.4, 0.5) is 5.69 Å². The summed E-state index contributed by atoms with van der Waals surface area (Å²) in [5, 5.41) is 22.7. The summed E-state index contributed by atoms with van der Waals surface area (Å²) in [4.78, 5) is 14.9. The van der Waals surface area contributed by atoms with Gasteiger partial charge in [0.2, 0.25) is 0 Å². The van der Waals surface area contributed by atoms with E-state index in [4.69, 9.17) is 0 Å². The predicted octanol–water partition coefficient (Wildman–Crippen LogP) is 2.50. The molecule has 1 aliphatic rings. The van der Waals surface area contributed by atoms with Crippen molar-refractivity contribution >= 4 is 11.5 Å². The van der Waals surface area contributed by atoms with Crippen LogP contribution in [-0.2, 0) is 0 Å². The Kier molecular flexibility index (Phi) is 3.92. The molecular weight excluding hydrogens is 332 g/mol. The third kappa shape index (κ3) is 2.81. The Balaban J connectivity index is 1.86. The Labute approximate surface area is 149 Å². The van der Waals surface area contributed by atoms with Crippen LogP contribution in [0.25, 0.3) is 16.9 Å². The maximum Gasteiger partial charge on any atom is 0.269 e. The molecule has 0 spiro atoms. The van der Waals surface area contributed by atoms with E-state index < -0.39 is 4.92 Å². The van der Waals surface area contributed by atoms with Crippen LogP contribution in [-0.4, -0.2) is 38.8 Å². The minimum Gasteiger partial charge on any atom is -0.367 e. The minimum atomic E-state index is -0.422. The molecule has 1 aliphatic heterocycles. The summed E-state index contributed by atoms with van der Waals surface area (Å²) in [5.74, 6) is 0.716. The SMILES string of the molecule is Cc1ccc(-c2c(C3=NCCN3)nnn2-c2ccc([N+](=O)[O-])cc2)cc1. The molecule has 1 aromatic heterocycles. The molecule has 4 rings (SSSR count). The third-order valence-corrected chi connectivity index (χ3v) is 4.20. The van der Waals surface area contributed by atoms with Crippen LogP contribution < -0.4 is 5.32 Å². The van der Waals surface area contributed by atoms with E-state index in [9.17, 15) is 10.1 Å². The van der Waals surface area contributed by atoms with E-state index in [2.05, 4.69) is 20.6 Å². The van der Waals surface area contributed by atoms with Crippen LogP contribution in [0.1, 0.15) is 11.3 Å². The largest absolute Gasteiger partial charge is 0.367 e. The van der Waals surface area contributed by atoms with Gasteiger partial charge in [0.05, 0.1) is 17.2 Å². The van der Waals surface area contributed by atoms with Crippen molar-refractivity contribution in [2.45, 2.75) is 6.92 Å². The van der Waals surface area contributed by atoms with E-state index in [1.807, 2.05) is 31.2 Å². The zero-order valence-corrected chi connectivity index (χ0v) is 14.1. The second-order valence-electron chi connectivity index (χ2n) is 6.00. The summed E-state index contributed by atoms with van der Waals surface area (Å²) >= 11 is 0. The van der Waals surface area contributed by atoms with Crippen molar-refractivity contribution in [2.24, 2.45) is 4.99 Å². The fourth-order valence-electron chi connectivity index (χ4n) is 2.86. The van der Waals surface area contributed by atoms with Gasteiger partial charge in [0.25, 0.3) is 5.69 Å². The molecule has 8 nitrogen and oxygen atoms in total. The van der Waals surface area contributed by atoms with Gasteiger partial charge in [-0.25, -0.2) is 4.68 Å². The van der Waals surface area contributed by atoms with Crippen LogP contribution in [0.2, 0.25) is 0 Å². The molecule has 3 aromatic rings. The van der Waals surface area contributed by atoms with E-state index in [0.29, 0.717) is 23.8 Å². The smallest absolute Gasteiger partial charge is 0.269 e. The molecule has 1 N–H and O–H groups in total. The molecule has 0 unspecified atom stereocenters. The highest BCUT2D eigenvalue weighted by Gasteiger charge is 2.22. The van der Waals surface area contributed by atoms with Crippen molar-refractivity contribution in [3.8, 4) is 16.9 Å². The summed E-state index contributed by atoms with van der Waals surface area (Å²) < 4.78 is 1.69. The van der Waals surface area contributed by atoms with Gasteiger partial charge in [-0.1, -0.05) is 35.0 Å². The lowest BCUT2D eigenvalue weighted by molar-refractivity contribution is -0.384. The first kappa shape index (κ1) is 15.9. The number of nitrogens with zero attached hydrogens (tertiary/aromatic N) is 5. The van der Waals surface area contributed by atoms with Crippen molar-refractivity contribution in [3.05, 3.63) is 69.9 Å². The fraction of sp³-hybridized carbons (Fsp3) is 0.167. The first-order valence-electron chi connectivity index (χ1n) is 8.20. The van der Waals surface area contributed by atoms with Gasteiger partial charge in [0.1, 0.15) is 5.69 Å². The van der Waals surface area contributed by atoms with Crippen LogP contribution in [0.3, 0.4) is 0 Å². The Morgan fingerprint density at radius 1 is 1.12 bits per heavy atom. The number of aryl methyl sites for hydroxylation is 1. The topological polar surface area (TPSA) is 98.2 Å². The number of aliphatic imine (C=N–C) groups is 1. The summed E-state index contributed by atoms with van der Waals surface area (Å²) in [6, 6.07) is 14.3. The molecule has 0 amide bonds. The van der Waals surface area contributed by atoms with Crippen molar-refractivity contribution in [1.82, 2.24) is 20.3 Å². The quantitative estimate of drug-likeness (QED) is 0.577. The summed E-state index contributed by atoms with van der Waals surface area (Å²) in [6.07, 6.45) is 0. The lowest BCUT2D eigenvalue weighted by Crippen LogP contribution is -2.20. The Morgan fingerprint density at radius 3 is 2.46 bits per heavy atom. The average Bonchev–Trinajstić information content (AvgIpc) is 3.32. The molecule has 0 saturated carbocycles.